The Morgan fingerprint density at radius 2 is 2.29 bits per heavy atom. The Kier molecular flexibility index (Phi) is 3.28. The zero-order valence-corrected chi connectivity index (χ0v) is 9.88. The molecule has 2 rings (SSSR count). The number of halogens is 2. The minimum Gasteiger partial charge on any atom is -0.340 e. The van der Waals surface area contributed by atoms with Crippen LogP contribution < -0.4 is 10.6 Å². The number of nitrogens with one attached hydrogen (secondary N) is 2. The Bertz CT molecular complexity index is 490. The van der Waals surface area contributed by atoms with Crippen LogP contribution in [0.3, 0.4) is 0 Å². The lowest BCUT2D eigenvalue weighted by Crippen LogP contribution is -2.25. The molecule has 0 spiro atoms. The highest BCUT2D eigenvalue weighted by Gasteiger charge is 2.31. The minimum absolute atomic E-state index is 0.219. The SMILES string of the molecule is CCN=C1NC(=O)C(c2cc(Cl)ccc2F)N1. The van der Waals surface area contributed by atoms with Crippen molar-refractivity contribution in [1.29, 1.82) is 0 Å². The van der Waals surface area contributed by atoms with E-state index in [1.807, 2.05) is 6.92 Å². The van der Waals surface area contributed by atoms with Gasteiger partial charge in [0.2, 0.25) is 0 Å². The van der Waals surface area contributed by atoms with Crippen molar-refractivity contribution in [1.82, 2.24) is 10.6 Å². The molecule has 0 aromatic heterocycles. The highest BCUT2D eigenvalue weighted by Crippen LogP contribution is 2.23. The third kappa shape index (κ3) is 2.39. The quantitative estimate of drug-likeness (QED) is 0.844. The topological polar surface area (TPSA) is 53.5 Å². The molecule has 0 aliphatic carbocycles. The fourth-order valence-corrected chi connectivity index (χ4v) is 1.81. The molecule has 1 aliphatic heterocycles. The van der Waals surface area contributed by atoms with Gasteiger partial charge in [0.15, 0.2) is 5.96 Å². The number of nitrogens with zero attached hydrogens (tertiary/aromatic N) is 1. The second-order valence-corrected chi connectivity index (χ2v) is 3.99. The Morgan fingerprint density at radius 3 is 3.00 bits per heavy atom. The predicted octanol–water partition coefficient (Wildman–Crippen LogP) is 1.62. The van der Waals surface area contributed by atoms with Crippen molar-refractivity contribution in [2.24, 2.45) is 4.99 Å². The van der Waals surface area contributed by atoms with Gasteiger partial charge < -0.3 is 5.32 Å². The molecule has 2 N–H and O–H groups in total. The molecule has 0 bridgehead atoms. The van der Waals surface area contributed by atoms with Gasteiger partial charge >= 0.3 is 0 Å². The number of hydrogen-bond acceptors (Lipinski definition) is 2. The zero-order chi connectivity index (χ0) is 12.4. The van der Waals surface area contributed by atoms with E-state index in [1.165, 1.54) is 18.2 Å². The van der Waals surface area contributed by atoms with Gasteiger partial charge in [0.1, 0.15) is 11.9 Å². The number of amides is 1. The van der Waals surface area contributed by atoms with Gasteiger partial charge in [0, 0.05) is 17.1 Å². The Labute approximate surface area is 103 Å². The molecule has 1 aromatic rings. The van der Waals surface area contributed by atoms with Gasteiger partial charge in [-0.15, -0.1) is 0 Å². The first-order valence-electron chi connectivity index (χ1n) is 5.18. The molecule has 6 heteroatoms. The average molecular weight is 256 g/mol. The van der Waals surface area contributed by atoms with Crippen LogP contribution >= 0.6 is 11.6 Å². The van der Waals surface area contributed by atoms with E-state index in [1.54, 1.807) is 0 Å². The van der Waals surface area contributed by atoms with Gasteiger partial charge in [-0.2, -0.15) is 0 Å². The number of aliphatic imine (C=N–C) groups is 1. The second kappa shape index (κ2) is 4.71. The Hall–Kier alpha value is -1.62. The van der Waals surface area contributed by atoms with Crippen molar-refractivity contribution < 1.29 is 9.18 Å². The summed E-state index contributed by atoms with van der Waals surface area (Å²) in [6, 6.07) is 3.33. The molecule has 90 valence electrons. The van der Waals surface area contributed by atoms with Gasteiger partial charge in [-0.05, 0) is 25.1 Å². The van der Waals surface area contributed by atoms with E-state index >= 15 is 0 Å². The molecule has 1 atom stereocenters. The number of carbonyl (C=O) groups excluding carboxylic acids is 1. The molecule has 1 heterocycles. The number of rotatable bonds is 2. The molecular weight excluding hydrogens is 245 g/mol. The first kappa shape index (κ1) is 11.9. The van der Waals surface area contributed by atoms with Crippen LogP contribution in [0.25, 0.3) is 0 Å². The van der Waals surface area contributed by atoms with E-state index in [2.05, 4.69) is 15.6 Å². The largest absolute Gasteiger partial charge is 0.340 e. The standard InChI is InChI=1S/C11H11ClFN3O/c1-2-14-11-15-9(10(17)16-11)7-5-6(12)3-4-8(7)13/h3-5,9H,2H2,1H3,(H2,14,15,16,17). The molecule has 1 saturated heterocycles. The van der Waals surface area contributed by atoms with Crippen LogP contribution in [-0.2, 0) is 4.79 Å². The molecule has 17 heavy (non-hydrogen) atoms. The van der Waals surface area contributed by atoms with E-state index in [9.17, 15) is 9.18 Å². The van der Waals surface area contributed by atoms with Crippen LogP contribution in [0.5, 0.6) is 0 Å². The third-order valence-corrected chi connectivity index (χ3v) is 2.61. The van der Waals surface area contributed by atoms with E-state index in [4.69, 9.17) is 11.6 Å². The molecule has 1 aliphatic rings. The number of carbonyl (C=O) groups is 1. The summed E-state index contributed by atoms with van der Waals surface area (Å²) in [7, 11) is 0. The zero-order valence-electron chi connectivity index (χ0n) is 9.13. The summed E-state index contributed by atoms with van der Waals surface area (Å²) >= 11 is 5.78. The average Bonchev–Trinajstić information content (AvgIpc) is 2.64. The second-order valence-electron chi connectivity index (χ2n) is 3.56. The van der Waals surface area contributed by atoms with Crippen molar-refractivity contribution in [3.05, 3.63) is 34.6 Å². The summed E-state index contributed by atoms with van der Waals surface area (Å²) < 4.78 is 13.6. The van der Waals surface area contributed by atoms with Crippen molar-refractivity contribution in [3.8, 4) is 0 Å². The number of hydrogen-bond donors (Lipinski definition) is 2. The molecule has 0 saturated carbocycles. The molecule has 4 nitrogen and oxygen atoms in total. The van der Waals surface area contributed by atoms with Gasteiger partial charge in [-0.3, -0.25) is 15.1 Å². The summed E-state index contributed by atoms with van der Waals surface area (Å²) in [5.41, 5.74) is 0.219. The minimum atomic E-state index is -0.779. The third-order valence-electron chi connectivity index (χ3n) is 2.37. The van der Waals surface area contributed by atoms with Gasteiger partial charge in [-0.25, -0.2) is 4.39 Å². The van der Waals surface area contributed by atoms with E-state index in [0.717, 1.165) is 0 Å². The predicted molar refractivity (Wildman–Crippen MR) is 63.4 cm³/mol. The van der Waals surface area contributed by atoms with E-state index in [0.29, 0.717) is 17.5 Å². The Morgan fingerprint density at radius 1 is 1.53 bits per heavy atom. The van der Waals surface area contributed by atoms with Gasteiger partial charge in [0.25, 0.3) is 5.91 Å². The van der Waals surface area contributed by atoms with Crippen molar-refractivity contribution >= 4 is 23.5 Å². The smallest absolute Gasteiger partial charge is 0.254 e. The number of guanidine groups is 1. The summed E-state index contributed by atoms with van der Waals surface area (Å²) in [4.78, 5) is 15.7. The lowest BCUT2D eigenvalue weighted by atomic mass is 10.1. The summed E-state index contributed by atoms with van der Waals surface area (Å²) in [6.07, 6.45) is 0. The van der Waals surface area contributed by atoms with Crippen molar-refractivity contribution in [2.45, 2.75) is 13.0 Å². The van der Waals surface area contributed by atoms with E-state index in [-0.39, 0.29) is 11.5 Å². The van der Waals surface area contributed by atoms with Gasteiger partial charge in [0.05, 0.1) is 0 Å². The molecule has 1 amide bonds. The fraction of sp³-hybridized carbons (Fsp3) is 0.273. The van der Waals surface area contributed by atoms with Crippen LogP contribution in [0.2, 0.25) is 5.02 Å². The Balaban J connectivity index is 2.32. The number of benzene rings is 1. The first-order chi connectivity index (χ1) is 8.11. The summed E-state index contributed by atoms with van der Waals surface area (Å²) in [6.45, 7) is 2.38. The highest BCUT2D eigenvalue weighted by atomic mass is 35.5. The van der Waals surface area contributed by atoms with Crippen molar-refractivity contribution in [2.75, 3.05) is 6.54 Å². The molecule has 1 fully saturated rings. The normalized spacial score (nSPS) is 21.5. The molecule has 1 aromatic carbocycles. The lowest BCUT2D eigenvalue weighted by Gasteiger charge is -2.09. The lowest BCUT2D eigenvalue weighted by molar-refractivity contribution is -0.120. The van der Waals surface area contributed by atoms with Crippen LogP contribution in [0.15, 0.2) is 23.2 Å². The fourth-order valence-electron chi connectivity index (χ4n) is 1.63. The summed E-state index contributed by atoms with van der Waals surface area (Å²) in [5, 5.41) is 5.74. The monoisotopic (exact) mass is 255 g/mol. The van der Waals surface area contributed by atoms with Gasteiger partial charge in [-0.1, -0.05) is 11.6 Å². The van der Waals surface area contributed by atoms with Crippen LogP contribution in [0.4, 0.5) is 4.39 Å². The maximum atomic E-state index is 13.6. The van der Waals surface area contributed by atoms with Crippen LogP contribution in [0, 0.1) is 5.82 Å². The van der Waals surface area contributed by atoms with E-state index < -0.39 is 11.9 Å². The maximum Gasteiger partial charge on any atom is 0.254 e. The molecule has 0 radical (unpaired) electrons. The summed E-state index contributed by atoms with van der Waals surface area (Å²) in [5.74, 6) is -0.444. The first-order valence-corrected chi connectivity index (χ1v) is 5.56. The van der Waals surface area contributed by atoms with Crippen LogP contribution in [0.1, 0.15) is 18.5 Å². The molecular formula is C11H11ClFN3O. The maximum absolute atomic E-state index is 13.6. The van der Waals surface area contributed by atoms with Crippen LogP contribution in [-0.4, -0.2) is 18.4 Å². The molecule has 1 unspecified atom stereocenters. The highest BCUT2D eigenvalue weighted by molar-refractivity contribution is 6.30. The van der Waals surface area contributed by atoms with Crippen molar-refractivity contribution in [3.63, 3.8) is 0 Å².